The zero-order valence-electron chi connectivity index (χ0n) is 9.87. The number of rotatable bonds is 2. The van der Waals surface area contributed by atoms with Gasteiger partial charge in [-0.15, -0.1) is 11.3 Å². The van der Waals surface area contributed by atoms with Gasteiger partial charge in [-0.3, -0.25) is 9.36 Å². The van der Waals surface area contributed by atoms with Crippen LogP contribution in [0.2, 0.25) is 0 Å². The SMILES string of the molecule is Cc1sc2[nH]c(=S)n(CC3CC3)c(=O)c2c1C. The summed E-state index contributed by atoms with van der Waals surface area (Å²) in [4.78, 5) is 17.7. The Labute approximate surface area is 108 Å². The number of nitrogens with one attached hydrogen (secondary N) is 1. The Morgan fingerprint density at radius 3 is 2.82 bits per heavy atom. The van der Waals surface area contributed by atoms with E-state index in [1.54, 1.807) is 15.9 Å². The maximum atomic E-state index is 12.4. The first-order valence-electron chi connectivity index (χ1n) is 5.80. The van der Waals surface area contributed by atoms with Gasteiger partial charge in [0.15, 0.2) is 4.77 Å². The van der Waals surface area contributed by atoms with Gasteiger partial charge in [0.1, 0.15) is 4.83 Å². The van der Waals surface area contributed by atoms with E-state index in [4.69, 9.17) is 12.2 Å². The lowest BCUT2D eigenvalue weighted by atomic mass is 10.2. The van der Waals surface area contributed by atoms with Gasteiger partial charge in [0.05, 0.1) is 5.39 Å². The first-order chi connectivity index (χ1) is 8.08. The van der Waals surface area contributed by atoms with Gasteiger partial charge < -0.3 is 4.98 Å². The van der Waals surface area contributed by atoms with Gasteiger partial charge in [-0.05, 0) is 50.4 Å². The highest BCUT2D eigenvalue weighted by atomic mass is 32.1. The molecule has 3 rings (SSSR count). The van der Waals surface area contributed by atoms with Crippen molar-refractivity contribution >= 4 is 33.8 Å². The van der Waals surface area contributed by atoms with Crippen molar-refractivity contribution in [1.82, 2.24) is 9.55 Å². The first-order valence-corrected chi connectivity index (χ1v) is 7.03. The van der Waals surface area contributed by atoms with Crippen LogP contribution >= 0.6 is 23.6 Å². The van der Waals surface area contributed by atoms with Crippen LogP contribution in [-0.4, -0.2) is 9.55 Å². The monoisotopic (exact) mass is 266 g/mol. The third kappa shape index (κ3) is 1.77. The molecule has 0 unspecified atom stereocenters. The van der Waals surface area contributed by atoms with Crippen LogP contribution in [-0.2, 0) is 6.54 Å². The van der Waals surface area contributed by atoms with Crippen LogP contribution in [0.4, 0.5) is 0 Å². The van der Waals surface area contributed by atoms with E-state index in [1.165, 1.54) is 17.7 Å². The van der Waals surface area contributed by atoms with Crippen molar-refractivity contribution in [3.05, 3.63) is 25.6 Å². The molecule has 3 nitrogen and oxygen atoms in total. The van der Waals surface area contributed by atoms with E-state index in [1.807, 2.05) is 13.8 Å². The fourth-order valence-electron chi connectivity index (χ4n) is 2.09. The predicted octanol–water partition coefficient (Wildman–Crippen LogP) is 3.15. The Morgan fingerprint density at radius 1 is 1.47 bits per heavy atom. The maximum absolute atomic E-state index is 12.4. The second-order valence-corrected chi connectivity index (χ2v) is 6.39. The van der Waals surface area contributed by atoms with Crippen molar-refractivity contribution in [2.45, 2.75) is 33.2 Å². The summed E-state index contributed by atoms with van der Waals surface area (Å²) in [5.41, 5.74) is 1.17. The number of H-pyrrole nitrogens is 1. The van der Waals surface area contributed by atoms with Crippen molar-refractivity contribution < 1.29 is 0 Å². The number of fused-ring (bicyclic) bond motifs is 1. The molecule has 1 saturated carbocycles. The summed E-state index contributed by atoms with van der Waals surface area (Å²) in [7, 11) is 0. The largest absolute Gasteiger partial charge is 0.323 e. The molecule has 1 N–H and O–H groups in total. The molecule has 1 aliphatic rings. The lowest BCUT2D eigenvalue weighted by Crippen LogP contribution is -2.22. The standard InChI is InChI=1S/C12H14N2OS2/c1-6-7(2)17-10-9(6)11(15)14(12(16)13-10)5-8-3-4-8/h8H,3-5H2,1-2H3,(H,13,16). The zero-order valence-corrected chi connectivity index (χ0v) is 11.5. The number of thiophene rings is 1. The number of hydrogen-bond donors (Lipinski definition) is 1. The molecule has 17 heavy (non-hydrogen) atoms. The summed E-state index contributed by atoms with van der Waals surface area (Å²) in [5, 5.41) is 0.821. The first kappa shape index (κ1) is 11.2. The van der Waals surface area contributed by atoms with Crippen LogP contribution < -0.4 is 5.56 Å². The third-order valence-electron chi connectivity index (χ3n) is 3.45. The lowest BCUT2D eigenvalue weighted by molar-refractivity contribution is 0.594. The maximum Gasteiger partial charge on any atom is 0.263 e. The van der Waals surface area contributed by atoms with E-state index in [0.29, 0.717) is 10.7 Å². The molecule has 1 fully saturated rings. The van der Waals surface area contributed by atoms with Crippen molar-refractivity contribution in [3.63, 3.8) is 0 Å². The lowest BCUT2D eigenvalue weighted by Gasteiger charge is -2.05. The van der Waals surface area contributed by atoms with Crippen molar-refractivity contribution in [1.29, 1.82) is 0 Å². The van der Waals surface area contributed by atoms with Crippen LogP contribution in [0.1, 0.15) is 23.3 Å². The van der Waals surface area contributed by atoms with E-state index in [2.05, 4.69) is 4.98 Å². The van der Waals surface area contributed by atoms with Crippen LogP contribution in [0.5, 0.6) is 0 Å². The molecule has 0 bridgehead atoms. The highest BCUT2D eigenvalue weighted by Gasteiger charge is 2.23. The Hall–Kier alpha value is -0.940. The normalized spacial score (nSPS) is 15.6. The Balaban J connectivity index is 2.32. The average Bonchev–Trinajstić information content (AvgIpc) is 3.02. The average molecular weight is 266 g/mol. The van der Waals surface area contributed by atoms with Crippen LogP contribution in [0, 0.1) is 24.5 Å². The second kappa shape index (κ2) is 3.78. The molecule has 0 atom stereocenters. The molecular formula is C12H14N2OS2. The summed E-state index contributed by atoms with van der Waals surface area (Å²) in [6, 6.07) is 0. The molecule has 90 valence electrons. The summed E-state index contributed by atoms with van der Waals surface area (Å²) in [5.74, 6) is 0.653. The molecule has 0 saturated heterocycles. The molecule has 0 spiro atoms. The molecule has 0 aliphatic heterocycles. The molecule has 2 heterocycles. The van der Waals surface area contributed by atoms with E-state index in [-0.39, 0.29) is 5.56 Å². The Bertz CT molecular complexity index is 704. The van der Waals surface area contributed by atoms with Gasteiger partial charge in [0.25, 0.3) is 5.56 Å². The van der Waals surface area contributed by atoms with Gasteiger partial charge in [-0.2, -0.15) is 0 Å². The van der Waals surface area contributed by atoms with Crippen LogP contribution in [0.3, 0.4) is 0 Å². The number of nitrogens with zero attached hydrogens (tertiary/aromatic N) is 1. The molecule has 1 aliphatic carbocycles. The summed E-state index contributed by atoms with van der Waals surface area (Å²) >= 11 is 6.89. The second-order valence-electron chi connectivity index (χ2n) is 4.78. The Morgan fingerprint density at radius 2 is 2.18 bits per heavy atom. The third-order valence-corrected chi connectivity index (χ3v) is 4.89. The topological polar surface area (TPSA) is 37.8 Å². The fourth-order valence-corrected chi connectivity index (χ4v) is 3.46. The van der Waals surface area contributed by atoms with Gasteiger partial charge in [-0.25, -0.2) is 0 Å². The molecular weight excluding hydrogens is 252 g/mol. The molecule has 0 aromatic carbocycles. The van der Waals surface area contributed by atoms with Gasteiger partial charge in [0, 0.05) is 11.4 Å². The number of hydrogen-bond acceptors (Lipinski definition) is 3. The zero-order chi connectivity index (χ0) is 12.2. The molecule has 0 radical (unpaired) electrons. The molecule has 5 heteroatoms. The minimum atomic E-state index is 0.0810. The Kier molecular flexibility index (Phi) is 2.48. The van der Waals surface area contributed by atoms with E-state index in [9.17, 15) is 4.79 Å². The smallest absolute Gasteiger partial charge is 0.263 e. The van der Waals surface area contributed by atoms with Gasteiger partial charge in [0.2, 0.25) is 0 Å². The van der Waals surface area contributed by atoms with E-state index >= 15 is 0 Å². The van der Waals surface area contributed by atoms with Crippen molar-refractivity contribution in [2.75, 3.05) is 0 Å². The van der Waals surface area contributed by atoms with Crippen molar-refractivity contribution in [3.8, 4) is 0 Å². The predicted molar refractivity (Wildman–Crippen MR) is 73.5 cm³/mol. The number of aromatic amines is 1. The van der Waals surface area contributed by atoms with E-state index in [0.717, 1.165) is 22.3 Å². The minimum Gasteiger partial charge on any atom is -0.323 e. The van der Waals surface area contributed by atoms with Crippen LogP contribution in [0.25, 0.3) is 10.2 Å². The van der Waals surface area contributed by atoms with Gasteiger partial charge in [-0.1, -0.05) is 0 Å². The summed E-state index contributed by atoms with van der Waals surface area (Å²) in [6.07, 6.45) is 2.45. The van der Waals surface area contributed by atoms with E-state index < -0.39 is 0 Å². The number of aryl methyl sites for hydroxylation is 2. The molecule has 2 aromatic rings. The van der Waals surface area contributed by atoms with Gasteiger partial charge >= 0.3 is 0 Å². The quantitative estimate of drug-likeness (QED) is 0.848. The summed E-state index contributed by atoms with van der Waals surface area (Å²) < 4.78 is 2.30. The summed E-state index contributed by atoms with van der Waals surface area (Å²) in [6.45, 7) is 4.83. The van der Waals surface area contributed by atoms with Crippen LogP contribution in [0.15, 0.2) is 4.79 Å². The molecule has 2 aromatic heterocycles. The van der Waals surface area contributed by atoms with Crippen molar-refractivity contribution in [2.24, 2.45) is 5.92 Å². The number of aromatic nitrogens is 2. The fraction of sp³-hybridized carbons (Fsp3) is 0.500. The molecule has 0 amide bonds. The highest BCUT2D eigenvalue weighted by molar-refractivity contribution is 7.71. The minimum absolute atomic E-state index is 0.0810. The highest BCUT2D eigenvalue weighted by Crippen LogP contribution is 2.31.